The minimum atomic E-state index is -0.565. The molecule has 0 fully saturated rings. The lowest BCUT2D eigenvalue weighted by Gasteiger charge is -2.18. The predicted molar refractivity (Wildman–Crippen MR) is 260 cm³/mol. The number of carbonyl (C=O) groups is 2. The van der Waals surface area contributed by atoms with Crippen LogP contribution in [0.1, 0.15) is 213 Å². The highest BCUT2D eigenvalue weighted by Gasteiger charge is 2.17. The molecule has 0 aromatic rings. The van der Waals surface area contributed by atoms with Crippen LogP contribution in [0.25, 0.3) is 0 Å². The number of rotatable bonds is 44. The van der Waals surface area contributed by atoms with Crippen LogP contribution in [0.15, 0.2) is 97.2 Å². The van der Waals surface area contributed by atoms with Gasteiger partial charge in [0.1, 0.15) is 6.61 Å². The van der Waals surface area contributed by atoms with Crippen LogP contribution >= 0.6 is 0 Å². The second-order valence-electron chi connectivity index (χ2n) is 16.0. The first-order valence-electron chi connectivity index (χ1n) is 24.8. The number of allylic oxidation sites excluding steroid dienone is 16. The van der Waals surface area contributed by atoms with Gasteiger partial charge in [-0.25, -0.2) is 0 Å². The van der Waals surface area contributed by atoms with Gasteiger partial charge in [0.25, 0.3) is 0 Å². The lowest BCUT2D eigenvalue weighted by Crippen LogP contribution is -2.30. The monoisotopic (exact) mass is 833 g/mol. The quantitative estimate of drug-likeness (QED) is 0.0348. The molecule has 0 N–H and O–H groups in total. The third kappa shape index (κ3) is 47.5. The Morgan fingerprint density at radius 1 is 0.383 bits per heavy atom. The molecule has 60 heavy (non-hydrogen) atoms. The fraction of sp³-hybridized carbons (Fsp3) is 0.673. The van der Waals surface area contributed by atoms with Crippen LogP contribution in [-0.4, -0.2) is 37.9 Å². The van der Waals surface area contributed by atoms with Crippen molar-refractivity contribution in [2.45, 2.75) is 219 Å². The van der Waals surface area contributed by atoms with Crippen LogP contribution in [0.5, 0.6) is 0 Å². The second-order valence-corrected chi connectivity index (χ2v) is 16.0. The van der Waals surface area contributed by atoms with Crippen molar-refractivity contribution in [3.8, 4) is 0 Å². The van der Waals surface area contributed by atoms with Gasteiger partial charge in [-0.1, -0.05) is 195 Å². The summed E-state index contributed by atoms with van der Waals surface area (Å²) in [7, 11) is 0. The number of unbranched alkanes of at least 4 members (excludes halogenated alkanes) is 17. The molecule has 1 atom stereocenters. The van der Waals surface area contributed by atoms with E-state index in [4.69, 9.17) is 14.2 Å². The number of esters is 2. The van der Waals surface area contributed by atoms with E-state index in [1.165, 1.54) is 70.6 Å². The Kier molecular flexibility index (Phi) is 47.5. The van der Waals surface area contributed by atoms with E-state index in [0.29, 0.717) is 19.4 Å². The summed E-state index contributed by atoms with van der Waals surface area (Å²) in [5.41, 5.74) is 0. The van der Waals surface area contributed by atoms with Gasteiger partial charge in [-0.3, -0.25) is 9.59 Å². The van der Waals surface area contributed by atoms with Gasteiger partial charge in [0.15, 0.2) is 6.10 Å². The largest absolute Gasteiger partial charge is 0.462 e. The predicted octanol–water partition coefficient (Wildman–Crippen LogP) is 16.7. The summed E-state index contributed by atoms with van der Waals surface area (Å²) in [6.45, 7) is 7.53. The zero-order chi connectivity index (χ0) is 43.5. The molecule has 0 bridgehead atoms. The van der Waals surface area contributed by atoms with Gasteiger partial charge in [-0.2, -0.15) is 0 Å². The minimum absolute atomic E-state index is 0.0567. The number of hydrogen-bond acceptors (Lipinski definition) is 5. The summed E-state index contributed by atoms with van der Waals surface area (Å²) in [6.07, 6.45) is 67.1. The molecule has 342 valence electrons. The lowest BCUT2D eigenvalue weighted by molar-refractivity contribution is -0.163. The Morgan fingerprint density at radius 3 is 1.23 bits per heavy atom. The van der Waals surface area contributed by atoms with E-state index in [9.17, 15) is 9.59 Å². The van der Waals surface area contributed by atoms with Crippen molar-refractivity contribution in [3.05, 3.63) is 97.2 Å². The molecule has 0 aliphatic heterocycles. The summed E-state index contributed by atoms with van der Waals surface area (Å²) in [4.78, 5) is 25.2. The summed E-state index contributed by atoms with van der Waals surface area (Å²) in [5.74, 6) is -0.447. The topological polar surface area (TPSA) is 61.8 Å². The molecule has 0 amide bonds. The number of hydrogen-bond donors (Lipinski definition) is 0. The van der Waals surface area contributed by atoms with Crippen molar-refractivity contribution in [2.75, 3.05) is 19.8 Å². The second kappa shape index (κ2) is 50.2. The molecule has 0 spiro atoms. The van der Waals surface area contributed by atoms with Gasteiger partial charge < -0.3 is 14.2 Å². The molecule has 0 aliphatic rings. The van der Waals surface area contributed by atoms with E-state index in [2.05, 4.69) is 118 Å². The molecule has 0 saturated carbocycles. The normalized spacial score (nSPS) is 13.1. The Labute approximate surface area is 371 Å². The van der Waals surface area contributed by atoms with Crippen LogP contribution in [0.3, 0.4) is 0 Å². The van der Waals surface area contributed by atoms with Crippen LogP contribution in [0.4, 0.5) is 0 Å². The van der Waals surface area contributed by atoms with Gasteiger partial charge in [0, 0.05) is 19.4 Å². The third-order valence-electron chi connectivity index (χ3n) is 10.1. The van der Waals surface area contributed by atoms with Crippen molar-refractivity contribution in [1.82, 2.24) is 0 Å². The van der Waals surface area contributed by atoms with Gasteiger partial charge >= 0.3 is 11.9 Å². The maximum Gasteiger partial charge on any atom is 0.306 e. The Morgan fingerprint density at radius 2 is 0.750 bits per heavy atom. The standard InChI is InChI=1S/C55H92O5/c1-4-7-10-13-16-18-20-22-24-26-28-29-31-33-35-37-40-42-45-48-54(56)59-52-53(60-55(57)49-46-43-39-15-12-9-6-3)51-58-50-47-44-41-38-36-34-32-30-27-25-23-21-19-17-14-11-8-5-2/h8,11,16-19,22-25,28-30,32,36,38,53H,4-7,9-10,12-15,20-21,26-27,31,33-35,37,39-52H2,1-3H3/b11-8-,18-16-,19-17-,24-22-,25-23-,29-28-,32-30-,38-36-. The minimum Gasteiger partial charge on any atom is -0.462 e. The zero-order valence-electron chi connectivity index (χ0n) is 39.2. The van der Waals surface area contributed by atoms with Gasteiger partial charge in [0.2, 0.25) is 0 Å². The maximum absolute atomic E-state index is 12.7. The molecule has 5 nitrogen and oxygen atoms in total. The van der Waals surface area contributed by atoms with Crippen LogP contribution in [0.2, 0.25) is 0 Å². The highest BCUT2D eigenvalue weighted by atomic mass is 16.6. The van der Waals surface area contributed by atoms with Crippen LogP contribution in [-0.2, 0) is 23.8 Å². The first-order valence-corrected chi connectivity index (χ1v) is 24.8. The van der Waals surface area contributed by atoms with Crippen LogP contribution < -0.4 is 0 Å². The molecule has 0 aromatic heterocycles. The zero-order valence-corrected chi connectivity index (χ0v) is 39.2. The highest BCUT2D eigenvalue weighted by molar-refractivity contribution is 5.70. The average Bonchev–Trinajstić information content (AvgIpc) is 3.25. The van der Waals surface area contributed by atoms with Crippen LogP contribution in [0, 0.1) is 0 Å². The molecule has 0 radical (unpaired) electrons. The smallest absolute Gasteiger partial charge is 0.306 e. The van der Waals surface area contributed by atoms with E-state index in [-0.39, 0.29) is 25.2 Å². The van der Waals surface area contributed by atoms with Gasteiger partial charge in [-0.15, -0.1) is 0 Å². The summed E-state index contributed by atoms with van der Waals surface area (Å²) >= 11 is 0. The first kappa shape index (κ1) is 56.8. The SMILES string of the molecule is CC/C=C\C/C=C\C/C=C\C/C=C\C/C=C\CCCCOCC(COC(=O)CCCCCCCC/C=C\C/C=C\C/C=C\CCCCC)OC(=O)CCCCCCCCC. The third-order valence-corrected chi connectivity index (χ3v) is 10.1. The van der Waals surface area contributed by atoms with Gasteiger partial charge in [0.05, 0.1) is 6.61 Å². The van der Waals surface area contributed by atoms with E-state index >= 15 is 0 Å². The number of ether oxygens (including phenoxy) is 3. The fourth-order valence-electron chi connectivity index (χ4n) is 6.42. The average molecular weight is 833 g/mol. The molecule has 0 saturated heterocycles. The molecule has 0 heterocycles. The molecule has 1 unspecified atom stereocenters. The molecule has 5 heteroatoms. The van der Waals surface area contributed by atoms with Crippen molar-refractivity contribution < 1.29 is 23.8 Å². The Balaban J connectivity index is 4.24. The molecule has 0 aromatic carbocycles. The van der Waals surface area contributed by atoms with E-state index in [0.717, 1.165) is 109 Å². The summed E-state index contributed by atoms with van der Waals surface area (Å²) in [6, 6.07) is 0. The highest BCUT2D eigenvalue weighted by Crippen LogP contribution is 2.12. The Hall–Kier alpha value is -3.18. The maximum atomic E-state index is 12.7. The van der Waals surface area contributed by atoms with Crippen molar-refractivity contribution in [3.63, 3.8) is 0 Å². The van der Waals surface area contributed by atoms with E-state index in [1.54, 1.807) is 0 Å². The van der Waals surface area contributed by atoms with Crippen molar-refractivity contribution in [1.29, 1.82) is 0 Å². The summed E-state index contributed by atoms with van der Waals surface area (Å²) < 4.78 is 17.2. The summed E-state index contributed by atoms with van der Waals surface area (Å²) in [5, 5.41) is 0. The van der Waals surface area contributed by atoms with Crippen molar-refractivity contribution >= 4 is 11.9 Å². The molecule has 0 aliphatic carbocycles. The number of carbonyl (C=O) groups excluding carboxylic acids is 2. The van der Waals surface area contributed by atoms with E-state index < -0.39 is 6.10 Å². The van der Waals surface area contributed by atoms with Crippen molar-refractivity contribution in [2.24, 2.45) is 0 Å². The Bertz CT molecular complexity index is 1170. The van der Waals surface area contributed by atoms with Gasteiger partial charge in [-0.05, 0) is 103 Å². The molecular formula is C55H92O5. The molecule has 0 rings (SSSR count). The van der Waals surface area contributed by atoms with E-state index in [1.807, 2.05) is 0 Å². The fourth-order valence-corrected chi connectivity index (χ4v) is 6.42. The molecular weight excluding hydrogens is 741 g/mol. The lowest BCUT2D eigenvalue weighted by atomic mass is 10.1. The first-order chi connectivity index (χ1) is 29.6.